The highest BCUT2D eigenvalue weighted by Crippen LogP contribution is 2.37. The minimum Gasteiger partial charge on any atom is -0.490 e. The van der Waals surface area contributed by atoms with E-state index in [4.69, 9.17) is 4.74 Å². The Kier molecular flexibility index (Phi) is 5.67. The number of nitrogens with one attached hydrogen (secondary N) is 3. The van der Waals surface area contributed by atoms with Gasteiger partial charge >= 0.3 is 6.18 Å². The van der Waals surface area contributed by atoms with E-state index in [2.05, 4.69) is 16.2 Å². The molecular weight excluding hydrogens is 392 g/mol. The molecule has 6 nitrogen and oxygen atoms in total. The molecule has 3 aliphatic rings. The lowest BCUT2D eigenvalue weighted by atomic mass is 9.95. The number of carbonyl (C=O) groups excluding carboxylic acids is 1. The molecule has 2 saturated heterocycles. The number of rotatable bonds is 4. The van der Waals surface area contributed by atoms with Crippen LogP contribution in [0.1, 0.15) is 24.0 Å². The third kappa shape index (κ3) is 4.34. The van der Waals surface area contributed by atoms with Crippen molar-refractivity contribution < 1.29 is 27.1 Å². The van der Waals surface area contributed by atoms with Crippen LogP contribution in [0.15, 0.2) is 12.1 Å². The number of hydrogen-bond acceptors (Lipinski definition) is 5. The van der Waals surface area contributed by atoms with E-state index in [0.29, 0.717) is 18.1 Å². The molecule has 0 radical (unpaired) electrons. The zero-order chi connectivity index (χ0) is 20.6. The van der Waals surface area contributed by atoms with Gasteiger partial charge in [0.1, 0.15) is 0 Å². The number of fused-ring (bicyclic) bond motifs is 1. The fourth-order valence-corrected chi connectivity index (χ4v) is 4.36. The van der Waals surface area contributed by atoms with Gasteiger partial charge in [-0.25, -0.2) is 9.82 Å². The van der Waals surface area contributed by atoms with E-state index in [-0.39, 0.29) is 25.4 Å². The van der Waals surface area contributed by atoms with Crippen LogP contribution in [0.2, 0.25) is 0 Å². The van der Waals surface area contributed by atoms with Crippen LogP contribution in [-0.2, 0) is 17.9 Å². The second-order valence-electron chi connectivity index (χ2n) is 7.94. The predicted molar refractivity (Wildman–Crippen MR) is 96.2 cm³/mol. The van der Waals surface area contributed by atoms with Crippen molar-refractivity contribution in [2.24, 2.45) is 11.8 Å². The summed E-state index contributed by atoms with van der Waals surface area (Å²) in [5.41, 5.74) is 5.94. The molecular formula is C19H24F4N4O2. The fourth-order valence-electron chi connectivity index (χ4n) is 4.36. The molecule has 0 bridgehead atoms. The number of piperidine rings is 1. The molecule has 3 heterocycles. The Balaban J connectivity index is 1.46. The van der Waals surface area contributed by atoms with Crippen molar-refractivity contribution in [1.29, 1.82) is 0 Å². The molecule has 3 unspecified atom stereocenters. The number of benzene rings is 1. The summed E-state index contributed by atoms with van der Waals surface area (Å²) in [7, 11) is 0. The van der Waals surface area contributed by atoms with Crippen molar-refractivity contribution >= 4 is 5.91 Å². The van der Waals surface area contributed by atoms with Gasteiger partial charge in [0, 0.05) is 38.1 Å². The monoisotopic (exact) mass is 416 g/mol. The van der Waals surface area contributed by atoms with E-state index < -0.39 is 29.9 Å². The first-order chi connectivity index (χ1) is 13.8. The van der Waals surface area contributed by atoms with Gasteiger partial charge in [-0.05, 0) is 42.6 Å². The van der Waals surface area contributed by atoms with E-state index >= 15 is 0 Å². The molecule has 1 aromatic rings. The van der Waals surface area contributed by atoms with E-state index in [1.165, 1.54) is 6.07 Å². The number of halogens is 4. The van der Waals surface area contributed by atoms with Gasteiger partial charge in [0.05, 0.1) is 6.61 Å². The number of carbonyl (C=O) groups is 1. The maximum absolute atomic E-state index is 14.5. The van der Waals surface area contributed by atoms with Crippen molar-refractivity contribution in [3.05, 3.63) is 29.1 Å². The SMILES string of the molecule is O=C1NNCC(N2Cc3cc(F)c(OCC4CCCNC4)cc3C2)C1C(F)(F)F. The molecule has 3 aliphatic heterocycles. The maximum atomic E-state index is 14.5. The van der Waals surface area contributed by atoms with Gasteiger partial charge in [0.15, 0.2) is 17.5 Å². The number of alkyl halides is 3. The topological polar surface area (TPSA) is 65.6 Å². The van der Waals surface area contributed by atoms with Crippen molar-refractivity contribution in [2.45, 2.75) is 38.1 Å². The van der Waals surface area contributed by atoms with Crippen LogP contribution < -0.4 is 20.9 Å². The Morgan fingerprint density at radius 3 is 2.62 bits per heavy atom. The summed E-state index contributed by atoms with van der Waals surface area (Å²) in [6.45, 7) is 2.54. The molecule has 0 aromatic heterocycles. The second kappa shape index (κ2) is 8.08. The first-order valence-electron chi connectivity index (χ1n) is 9.81. The molecule has 160 valence electrons. The highest BCUT2D eigenvalue weighted by molar-refractivity contribution is 5.80. The Morgan fingerprint density at radius 1 is 1.17 bits per heavy atom. The van der Waals surface area contributed by atoms with Crippen LogP contribution in [0, 0.1) is 17.7 Å². The zero-order valence-corrected chi connectivity index (χ0v) is 15.8. The number of ether oxygens (including phenoxy) is 1. The zero-order valence-electron chi connectivity index (χ0n) is 15.8. The molecule has 4 rings (SSSR count). The van der Waals surface area contributed by atoms with E-state index in [0.717, 1.165) is 31.5 Å². The quantitative estimate of drug-likeness (QED) is 0.653. The molecule has 2 fully saturated rings. The Hall–Kier alpha value is -1.91. The van der Waals surface area contributed by atoms with Gasteiger partial charge in [-0.2, -0.15) is 13.2 Å². The van der Waals surface area contributed by atoms with Gasteiger partial charge < -0.3 is 10.1 Å². The van der Waals surface area contributed by atoms with Crippen molar-refractivity contribution in [2.75, 3.05) is 26.2 Å². The van der Waals surface area contributed by atoms with Crippen molar-refractivity contribution in [1.82, 2.24) is 21.1 Å². The Morgan fingerprint density at radius 2 is 1.93 bits per heavy atom. The third-order valence-electron chi connectivity index (χ3n) is 5.89. The number of hydrogen-bond donors (Lipinski definition) is 3. The van der Waals surface area contributed by atoms with Crippen molar-refractivity contribution in [3.63, 3.8) is 0 Å². The summed E-state index contributed by atoms with van der Waals surface area (Å²) < 4.78 is 60.5. The molecule has 3 N–H and O–H groups in total. The summed E-state index contributed by atoms with van der Waals surface area (Å²) in [5, 5.41) is 3.28. The van der Waals surface area contributed by atoms with Crippen LogP contribution in [0.4, 0.5) is 17.6 Å². The van der Waals surface area contributed by atoms with Gasteiger partial charge in [-0.1, -0.05) is 0 Å². The Bertz CT molecular complexity index is 767. The number of amides is 1. The lowest BCUT2D eigenvalue weighted by Gasteiger charge is -2.38. The average molecular weight is 416 g/mol. The largest absolute Gasteiger partial charge is 0.490 e. The summed E-state index contributed by atoms with van der Waals surface area (Å²) in [5.74, 6) is -3.30. The van der Waals surface area contributed by atoms with E-state index in [1.807, 2.05) is 0 Å². The molecule has 10 heteroatoms. The predicted octanol–water partition coefficient (Wildman–Crippen LogP) is 1.70. The van der Waals surface area contributed by atoms with Crippen molar-refractivity contribution in [3.8, 4) is 5.75 Å². The first kappa shape index (κ1) is 20.4. The minimum absolute atomic E-state index is 0.0373. The molecule has 0 spiro atoms. The van der Waals surface area contributed by atoms with Crippen LogP contribution in [0.3, 0.4) is 0 Å². The van der Waals surface area contributed by atoms with Gasteiger partial charge in [0.2, 0.25) is 5.91 Å². The minimum atomic E-state index is -4.65. The van der Waals surface area contributed by atoms with E-state index in [9.17, 15) is 22.4 Å². The first-order valence-corrected chi connectivity index (χ1v) is 9.81. The molecule has 0 aliphatic carbocycles. The van der Waals surface area contributed by atoms with E-state index in [1.54, 1.807) is 11.0 Å². The highest BCUT2D eigenvalue weighted by Gasteiger charge is 2.53. The van der Waals surface area contributed by atoms with Gasteiger partial charge in [-0.3, -0.25) is 15.1 Å². The van der Waals surface area contributed by atoms with Crippen LogP contribution in [0.5, 0.6) is 5.75 Å². The standard InChI is InChI=1S/C19H24F4N4O2/c20-14-4-12-8-27(15-7-25-26-18(28)17(15)19(21,22)23)9-13(12)5-16(14)29-10-11-2-1-3-24-6-11/h4-5,11,15,17,24-25H,1-3,6-10H2,(H,26,28). The Labute approximate surface area is 165 Å². The van der Waals surface area contributed by atoms with Crippen LogP contribution in [0.25, 0.3) is 0 Å². The maximum Gasteiger partial charge on any atom is 0.402 e. The summed E-state index contributed by atoms with van der Waals surface area (Å²) >= 11 is 0. The fraction of sp³-hybridized carbons (Fsp3) is 0.632. The van der Waals surface area contributed by atoms with Crippen LogP contribution >= 0.6 is 0 Å². The molecule has 29 heavy (non-hydrogen) atoms. The number of hydrazine groups is 1. The normalized spacial score (nSPS) is 28.1. The third-order valence-corrected chi connectivity index (χ3v) is 5.89. The van der Waals surface area contributed by atoms with Gasteiger partial charge in [0.25, 0.3) is 0 Å². The average Bonchev–Trinajstić information content (AvgIpc) is 3.08. The smallest absolute Gasteiger partial charge is 0.402 e. The lowest BCUT2D eigenvalue weighted by Crippen LogP contribution is -2.63. The highest BCUT2D eigenvalue weighted by atomic mass is 19.4. The van der Waals surface area contributed by atoms with Crippen LogP contribution in [-0.4, -0.2) is 49.3 Å². The molecule has 1 amide bonds. The molecule has 1 aromatic carbocycles. The number of nitrogens with zero attached hydrogens (tertiary/aromatic N) is 1. The summed E-state index contributed by atoms with van der Waals surface area (Å²) in [6.07, 6.45) is -2.58. The molecule has 3 atom stereocenters. The van der Waals surface area contributed by atoms with Gasteiger partial charge in [-0.15, -0.1) is 0 Å². The second-order valence-corrected chi connectivity index (χ2v) is 7.94. The molecule has 0 saturated carbocycles. The summed E-state index contributed by atoms with van der Waals surface area (Å²) in [6, 6.07) is 1.86. The summed E-state index contributed by atoms with van der Waals surface area (Å²) in [4.78, 5) is 13.4. The lowest BCUT2D eigenvalue weighted by molar-refractivity contribution is -0.201.